The fourth-order valence-corrected chi connectivity index (χ4v) is 12.7. The smallest absolute Gasteiger partial charge is 0.0261 e. The minimum atomic E-state index is 0.659. The van der Waals surface area contributed by atoms with Gasteiger partial charge in [-0.3, -0.25) is 0 Å². The second kappa shape index (κ2) is 10.7. The molecule has 1 aromatic rings. The van der Waals surface area contributed by atoms with Crippen LogP contribution >= 0.6 is 11.8 Å². The van der Waals surface area contributed by atoms with Crippen LogP contribution in [0.25, 0.3) is 0 Å². The van der Waals surface area contributed by atoms with Gasteiger partial charge in [-0.25, -0.2) is 0 Å². The highest BCUT2D eigenvalue weighted by atomic mass is 32.2. The van der Waals surface area contributed by atoms with Crippen LogP contribution < -0.4 is 0 Å². The van der Waals surface area contributed by atoms with Crippen LogP contribution in [0, 0.1) is 35.5 Å². The Labute approximate surface area is 241 Å². The molecule has 0 N–H and O–H groups in total. The lowest BCUT2D eigenvalue weighted by Gasteiger charge is -2.51. The average Bonchev–Trinajstić information content (AvgIpc) is 3.38. The summed E-state index contributed by atoms with van der Waals surface area (Å²) in [7, 11) is 0. The fraction of sp³-hybridized carbons (Fsp3) is 0.632. The Kier molecular flexibility index (Phi) is 6.95. The summed E-state index contributed by atoms with van der Waals surface area (Å²) in [5.41, 5.74) is 7.17. The van der Waals surface area contributed by atoms with Crippen LogP contribution in [0.2, 0.25) is 0 Å². The highest BCUT2D eigenvalue weighted by Crippen LogP contribution is 2.61. The molecule has 1 aliphatic heterocycles. The van der Waals surface area contributed by atoms with E-state index in [9.17, 15) is 0 Å². The highest BCUT2D eigenvalue weighted by molar-refractivity contribution is 8.01. The molecule has 0 bridgehead atoms. The third kappa shape index (κ3) is 4.40. The zero-order valence-corrected chi connectivity index (χ0v) is 24.7. The standard InChI is InChI=1S/C38H48S/c1-2-12-25(13-3-1)27-14-4-5-16-29(27)38-32-19-8-6-17-30(32)37(31-18-7-9-20-33(31)38)26-22-23-36-34(24-26)28-15-10-11-21-35(28)39-36/h4-6,8,11,16-17,19,21-22,25,27-28,31,33-38H,1-3,7,9-10,12-15,18,20,23-24H2. The Morgan fingerprint density at radius 1 is 0.692 bits per heavy atom. The molecule has 9 atom stereocenters. The lowest BCUT2D eigenvalue weighted by molar-refractivity contribution is 0.158. The van der Waals surface area contributed by atoms with Crippen LogP contribution in [0.4, 0.5) is 0 Å². The predicted octanol–water partition coefficient (Wildman–Crippen LogP) is 10.5. The van der Waals surface area contributed by atoms with Crippen LogP contribution in [0.15, 0.2) is 71.9 Å². The second-order valence-corrected chi connectivity index (χ2v) is 15.6. The van der Waals surface area contributed by atoms with Gasteiger partial charge in [-0.2, -0.15) is 11.8 Å². The van der Waals surface area contributed by atoms with Gasteiger partial charge < -0.3 is 0 Å². The van der Waals surface area contributed by atoms with E-state index < -0.39 is 0 Å². The molecule has 0 radical (unpaired) electrons. The van der Waals surface area contributed by atoms with Crippen molar-refractivity contribution in [2.75, 3.05) is 0 Å². The summed E-state index contributed by atoms with van der Waals surface area (Å²) < 4.78 is 0. The molecule has 3 fully saturated rings. The quantitative estimate of drug-likeness (QED) is 0.346. The van der Waals surface area contributed by atoms with Crippen LogP contribution in [0.3, 0.4) is 0 Å². The highest BCUT2D eigenvalue weighted by Gasteiger charge is 2.50. The van der Waals surface area contributed by atoms with Gasteiger partial charge in [0.1, 0.15) is 0 Å². The summed E-state index contributed by atoms with van der Waals surface area (Å²) >= 11 is 2.32. The van der Waals surface area contributed by atoms with Crippen molar-refractivity contribution in [1.82, 2.24) is 0 Å². The number of thioether (sulfide) groups is 1. The predicted molar refractivity (Wildman–Crippen MR) is 167 cm³/mol. The zero-order chi connectivity index (χ0) is 25.8. The van der Waals surface area contributed by atoms with Crippen molar-refractivity contribution in [1.29, 1.82) is 0 Å². The molecule has 6 aliphatic carbocycles. The van der Waals surface area contributed by atoms with Gasteiger partial charge in [-0.05, 0) is 104 Å². The molecule has 1 heteroatoms. The number of rotatable bonds is 3. The second-order valence-electron chi connectivity index (χ2n) is 14.2. The van der Waals surface area contributed by atoms with Gasteiger partial charge in [0.05, 0.1) is 0 Å². The number of allylic oxidation sites excluding steroid dienone is 7. The third-order valence-corrected chi connectivity index (χ3v) is 14.2. The molecule has 0 aromatic heterocycles. The molecule has 2 saturated carbocycles. The number of fused-ring (bicyclic) bond motifs is 5. The first kappa shape index (κ1) is 25.3. The van der Waals surface area contributed by atoms with E-state index >= 15 is 0 Å². The molecular formula is C38H48S. The largest absolute Gasteiger partial charge is 0.150 e. The van der Waals surface area contributed by atoms with E-state index in [1.807, 2.05) is 11.1 Å². The zero-order valence-electron chi connectivity index (χ0n) is 23.9. The summed E-state index contributed by atoms with van der Waals surface area (Å²) in [5.74, 6) is 6.56. The van der Waals surface area contributed by atoms with Gasteiger partial charge in [-0.1, -0.05) is 104 Å². The summed E-state index contributed by atoms with van der Waals surface area (Å²) in [6.07, 6.45) is 35.2. The summed E-state index contributed by atoms with van der Waals surface area (Å²) in [6, 6.07) is 9.90. The Bertz CT molecular complexity index is 1180. The van der Waals surface area contributed by atoms with E-state index in [0.717, 1.165) is 46.0 Å². The van der Waals surface area contributed by atoms with Crippen LogP contribution in [0.5, 0.6) is 0 Å². The summed E-state index contributed by atoms with van der Waals surface area (Å²) in [4.78, 5) is 0. The van der Waals surface area contributed by atoms with Gasteiger partial charge in [0, 0.05) is 22.3 Å². The Balaban J connectivity index is 1.17. The first-order valence-corrected chi connectivity index (χ1v) is 17.8. The van der Waals surface area contributed by atoms with Crippen molar-refractivity contribution in [3.63, 3.8) is 0 Å². The molecule has 0 nitrogen and oxygen atoms in total. The fourth-order valence-electron chi connectivity index (χ4n) is 10.9. The number of benzene rings is 1. The van der Waals surface area contributed by atoms with E-state index in [1.165, 1.54) is 89.9 Å². The minimum absolute atomic E-state index is 0.659. The Hall–Kier alpha value is -1.47. The van der Waals surface area contributed by atoms with E-state index in [4.69, 9.17) is 0 Å². The van der Waals surface area contributed by atoms with Gasteiger partial charge >= 0.3 is 0 Å². The van der Waals surface area contributed by atoms with Crippen molar-refractivity contribution >= 4 is 11.8 Å². The molecular weight excluding hydrogens is 488 g/mol. The summed E-state index contributed by atoms with van der Waals surface area (Å²) in [5, 5.41) is 1.67. The minimum Gasteiger partial charge on any atom is -0.150 e. The van der Waals surface area contributed by atoms with E-state index in [2.05, 4.69) is 72.5 Å². The molecule has 0 amide bonds. The van der Waals surface area contributed by atoms with Crippen molar-refractivity contribution < 1.29 is 0 Å². The molecule has 206 valence electrons. The van der Waals surface area contributed by atoms with Crippen molar-refractivity contribution in [3.8, 4) is 0 Å². The molecule has 1 heterocycles. The first-order chi connectivity index (χ1) is 19.4. The monoisotopic (exact) mass is 536 g/mol. The lowest BCUT2D eigenvalue weighted by Crippen LogP contribution is -2.40. The molecule has 7 aliphatic rings. The number of hydrogen-bond acceptors (Lipinski definition) is 1. The molecule has 39 heavy (non-hydrogen) atoms. The maximum atomic E-state index is 2.77. The van der Waals surface area contributed by atoms with Crippen LogP contribution in [-0.4, -0.2) is 10.5 Å². The van der Waals surface area contributed by atoms with Crippen molar-refractivity contribution in [3.05, 3.63) is 83.0 Å². The molecule has 8 rings (SSSR count). The van der Waals surface area contributed by atoms with Gasteiger partial charge in [0.15, 0.2) is 0 Å². The molecule has 1 aromatic carbocycles. The normalized spacial score (nSPS) is 41.6. The maximum absolute atomic E-state index is 2.77. The number of hydrogen-bond donors (Lipinski definition) is 0. The summed E-state index contributed by atoms with van der Waals surface area (Å²) in [6.45, 7) is 0. The Morgan fingerprint density at radius 3 is 2.31 bits per heavy atom. The van der Waals surface area contributed by atoms with Gasteiger partial charge in [-0.15, -0.1) is 0 Å². The first-order valence-electron chi connectivity index (χ1n) is 16.8. The average molecular weight is 537 g/mol. The van der Waals surface area contributed by atoms with E-state index in [1.54, 1.807) is 11.1 Å². The third-order valence-electron chi connectivity index (χ3n) is 12.5. The SMILES string of the molecule is C1=CCC(C2CCCCC2)C(C2c3ccccc3C(C3=CCC4SC5C=CCCC5C4C3)C3CCCCC23)=C1. The van der Waals surface area contributed by atoms with Gasteiger partial charge in [0.2, 0.25) is 0 Å². The molecule has 1 saturated heterocycles. The van der Waals surface area contributed by atoms with Crippen LogP contribution in [0.1, 0.15) is 113 Å². The van der Waals surface area contributed by atoms with Gasteiger partial charge in [0.25, 0.3) is 0 Å². The van der Waals surface area contributed by atoms with Crippen molar-refractivity contribution in [2.45, 2.75) is 112 Å². The topological polar surface area (TPSA) is 0 Å². The van der Waals surface area contributed by atoms with E-state index in [0.29, 0.717) is 11.8 Å². The lowest BCUT2D eigenvalue weighted by atomic mass is 9.53. The molecule has 9 unspecified atom stereocenters. The van der Waals surface area contributed by atoms with Crippen LogP contribution in [-0.2, 0) is 0 Å². The van der Waals surface area contributed by atoms with Crippen molar-refractivity contribution in [2.24, 2.45) is 35.5 Å². The van der Waals surface area contributed by atoms with E-state index in [-0.39, 0.29) is 0 Å². The maximum Gasteiger partial charge on any atom is 0.0261 e. The Morgan fingerprint density at radius 2 is 1.46 bits per heavy atom. The molecule has 0 spiro atoms.